The highest BCUT2D eigenvalue weighted by Crippen LogP contribution is 2.44. The molecule has 1 amide bonds. The third-order valence-electron chi connectivity index (χ3n) is 4.79. The minimum absolute atomic E-state index is 0.0261. The van der Waals surface area contributed by atoms with E-state index in [9.17, 15) is 4.79 Å². The molecular formula is C15H30N2O2. The Kier molecular flexibility index (Phi) is 6.27. The van der Waals surface area contributed by atoms with Gasteiger partial charge in [-0.2, -0.15) is 0 Å². The summed E-state index contributed by atoms with van der Waals surface area (Å²) in [6, 6.07) is 0.219. The fraction of sp³-hybridized carbons (Fsp3) is 0.933. The Morgan fingerprint density at radius 3 is 2.74 bits per heavy atom. The van der Waals surface area contributed by atoms with Gasteiger partial charge in [-0.1, -0.05) is 20.8 Å². The highest BCUT2D eigenvalue weighted by Gasteiger charge is 2.44. The van der Waals surface area contributed by atoms with E-state index in [-0.39, 0.29) is 23.3 Å². The number of nitrogens with one attached hydrogen (secondary N) is 1. The highest BCUT2D eigenvalue weighted by atomic mass is 16.5. The summed E-state index contributed by atoms with van der Waals surface area (Å²) in [5.74, 6) is 0.634. The number of hydrogen-bond donors (Lipinski definition) is 2. The van der Waals surface area contributed by atoms with Crippen LogP contribution in [0.15, 0.2) is 0 Å². The fourth-order valence-electron chi connectivity index (χ4n) is 2.97. The van der Waals surface area contributed by atoms with E-state index < -0.39 is 0 Å². The molecule has 0 aromatic carbocycles. The predicted molar refractivity (Wildman–Crippen MR) is 77.8 cm³/mol. The molecule has 1 aliphatic carbocycles. The number of hydrogen-bond acceptors (Lipinski definition) is 3. The van der Waals surface area contributed by atoms with Gasteiger partial charge in [0.05, 0.1) is 0 Å². The van der Waals surface area contributed by atoms with Crippen LogP contribution >= 0.6 is 0 Å². The molecule has 0 bridgehead atoms. The summed E-state index contributed by atoms with van der Waals surface area (Å²) in [4.78, 5) is 12.3. The van der Waals surface area contributed by atoms with Crippen molar-refractivity contribution in [1.82, 2.24) is 5.32 Å². The SMILES string of the molecule is CCOCCCNC(=O)C1CCC(N)C(C)C1(C)C. The van der Waals surface area contributed by atoms with Crippen LogP contribution in [0.2, 0.25) is 0 Å². The van der Waals surface area contributed by atoms with E-state index in [2.05, 4.69) is 26.1 Å². The molecule has 0 saturated heterocycles. The number of rotatable bonds is 6. The standard InChI is InChI=1S/C15H30N2O2/c1-5-19-10-6-9-17-14(18)12-7-8-13(16)11(2)15(12,3)4/h11-13H,5-10,16H2,1-4H3,(H,17,18). The first-order valence-electron chi connectivity index (χ1n) is 7.52. The number of carbonyl (C=O) groups excluding carboxylic acids is 1. The molecule has 1 fully saturated rings. The van der Waals surface area contributed by atoms with Crippen LogP contribution in [0.1, 0.15) is 47.0 Å². The Morgan fingerprint density at radius 1 is 1.42 bits per heavy atom. The summed E-state index contributed by atoms with van der Waals surface area (Å²) in [7, 11) is 0. The van der Waals surface area contributed by atoms with Crippen molar-refractivity contribution in [3.63, 3.8) is 0 Å². The molecule has 0 aromatic heterocycles. The molecule has 19 heavy (non-hydrogen) atoms. The van der Waals surface area contributed by atoms with Crippen LogP contribution < -0.4 is 11.1 Å². The van der Waals surface area contributed by atoms with Gasteiger partial charge >= 0.3 is 0 Å². The Morgan fingerprint density at radius 2 is 2.11 bits per heavy atom. The summed E-state index contributed by atoms with van der Waals surface area (Å²) >= 11 is 0. The van der Waals surface area contributed by atoms with Gasteiger partial charge in [-0.15, -0.1) is 0 Å². The summed E-state index contributed by atoms with van der Waals surface area (Å²) in [6.45, 7) is 10.6. The topological polar surface area (TPSA) is 64.3 Å². The van der Waals surface area contributed by atoms with Crippen LogP contribution in [-0.2, 0) is 9.53 Å². The van der Waals surface area contributed by atoms with E-state index in [0.29, 0.717) is 19.1 Å². The first kappa shape index (κ1) is 16.4. The molecule has 3 unspecified atom stereocenters. The molecule has 112 valence electrons. The van der Waals surface area contributed by atoms with Crippen molar-refractivity contribution >= 4 is 5.91 Å². The Hall–Kier alpha value is -0.610. The van der Waals surface area contributed by atoms with Crippen LogP contribution in [0.5, 0.6) is 0 Å². The Labute approximate surface area is 117 Å². The monoisotopic (exact) mass is 270 g/mol. The molecular weight excluding hydrogens is 240 g/mol. The zero-order valence-electron chi connectivity index (χ0n) is 12.9. The minimum Gasteiger partial charge on any atom is -0.382 e. The number of ether oxygens (including phenoxy) is 1. The van der Waals surface area contributed by atoms with Crippen molar-refractivity contribution in [2.45, 2.75) is 53.0 Å². The number of carbonyl (C=O) groups is 1. The number of nitrogens with two attached hydrogens (primary N) is 1. The lowest BCUT2D eigenvalue weighted by Crippen LogP contribution is -2.51. The minimum atomic E-state index is -0.0261. The van der Waals surface area contributed by atoms with E-state index in [1.807, 2.05) is 6.92 Å². The fourth-order valence-corrected chi connectivity index (χ4v) is 2.97. The van der Waals surface area contributed by atoms with Gasteiger partial charge in [0.1, 0.15) is 0 Å². The summed E-state index contributed by atoms with van der Waals surface area (Å²) in [6.07, 6.45) is 2.72. The van der Waals surface area contributed by atoms with Gasteiger partial charge in [0, 0.05) is 31.7 Å². The van der Waals surface area contributed by atoms with Crippen LogP contribution in [0.3, 0.4) is 0 Å². The largest absolute Gasteiger partial charge is 0.382 e. The van der Waals surface area contributed by atoms with Crippen molar-refractivity contribution in [3.05, 3.63) is 0 Å². The Balaban J connectivity index is 2.43. The smallest absolute Gasteiger partial charge is 0.223 e. The molecule has 3 atom stereocenters. The van der Waals surface area contributed by atoms with Gasteiger partial charge in [0.25, 0.3) is 0 Å². The zero-order valence-corrected chi connectivity index (χ0v) is 12.9. The zero-order chi connectivity index (χ0) is 14.5. The lowest BCUT2D eigenvalue weighted by molar-refractivity contribution is -0.132. The molecule has 0 radical (unpaired) electrons. The molecule has 0 aliphatic heterocycles. The van der Waals surface area contributed by atoms with Gasteiger partial charge in [0.2, 0.25) is 5.91 Å². The lowest BCUT2D eigenvalue weighted by Gasteiger charge is -2.46. The molecule has 4 nitrogen and oxygen atoms in total. The van der Waals surface area contributed by atoms with Crippen molar-refractivity contribution in [2.24, 2.45) is 23.0 Å². The van der Waals surface area contributed by atoms with Gasteiger partial charge in [-0.25, -0.2) is 0 Å². The third-order valence-corrected chi connectivity index (χ3v) is 4.79. The van der Waals surface area contributed by atoms with E-state index in [4.69, 9.17) is 10.5 Å². The summed E-state index contributed by atoms with van der Waals surface area (Å²) in [5, 5.41) is 3.04. The maximum Gasteiger partial charge on any atom is 0.223 e. The number of amides is 1. The molecule has 3 N–H and O–H groups in total. The second-order valence-corrected chi connectivity index (χ2v) is 6.25. The summed E-state index contributed by atoms with van der Waals surface area (Å²) < 4.78 is 5.27. The van der Waals surface area contributed by atoms with Gasteiger partial charge < -0.3 is 15.8 Å². The van der Waals surface area contributed by atoms with Gasteiger partial charge in [-0.05, 0) is 37.5 Å². The quantitative estimate of drug-likeness (QED) is 0.725. The maximum atomic E-state index is 12.3. The molecule has 1 saturated carbocycles. The van der Waals surface area contributed by atoms with E-state index in [1.165, 1.54) is 0 Å². The van der Waals surface area contributed by atoms with Gasteiger partial charge in [0.15, 0.2) is 0 Å². The van der Waals surface area contributed by atoms with Gasteiger partial charge in [-0.3, -0.25) is 4.79 Å². The van der Waals surface area contributed by atoms with E-state index in [0.717, 1.165) is 25.9 Å². The molecule has 0 aromatic rings. The first-order valence-corrected chi connectivity index (χ1v) is 7.52. The lowest BCUT2D eigenvalue weighted by atomic mass is 9.61. The average Bonchev–Trinajstić information content (AvgIpc) is 2.35. The van der Waals surface area contributed by atoms with Crippen molar-refractivity contribution < 1.29 is 9.53 Å². The molecule has 0 spiro atoms. The second kappa shape index (κ2) is 7.25. The second-order valence-electron chi connectivity index (χ2n) is 6.25. The highest BCUT2D eigenvalue weighted by molar-refractivity contribution is 5.79. The third kappa shape index (κ3) is 4.18. The van der Waals surface area contributed by atoms with E-state index in [1.54, 1.807) is 0 Å². The summed E-state index contributed by atoms with van der Waals surface area (Å²) in [5.41, 5.74) is 6.10. The van der Waals surface area contributed by atoms with Crippen LogP contribution in [0, 0.1) is 17.3 Å². The maximum absolute atomic E-state index is 12.3. The van der Waals surface area contributed by atoms with Crippen LogP contribution in [-0.4, -0.2) is 31.7 Å². The predicted octanol–water partition coefficient (Wildman–Crippen LogP) is 1.93. The van der Waals surface area contributed by atoms with E-state index >= 15 is 0 Å². The van der Waals surface area contributed by atoms with Crippen molar-refractivity contribution in [1.29, 1.82) is 0 Å². The van der Waals surface area contributed by atoms with Crippen LogP contribution in [0.4, 0.5) is 0 Å². The normalized spacial score (nSPS) is 30.1. The average molecular weight is 270 g/mol. The van der Waals surface area contributed by atoms with Crippen LogP contribution in [0.25, 0.3) is 0 Å². The first-order chi connectivity index (χ1) is 8.91. The molecule has 0 heterocycles. The Bertz CT molecular complexity index is 292. The molecule has 4 heteroatoms. The van der Waals surface area contributed by atoms with Crippen molar-refractivity contribution in [2.75, 3.05) is 19.8 Å². The molecule has 1 rings (SSSR count). The molecule has 1 aliphatic rings. The van der Waals surface area contributed by atoms with Crippen molar-refractivity contribution in [3.8, 4) is 0 Å².